The lowest BCUT2D eigenvalue weighted by Gasteiger charge is -2.30. The molecule has 0 nitrogen and oxygen atoms in total. The van der Waals surface area contributed by atoms with Crippen molar-refractivity contribution in [2.45, 2.75) is 41.5 Å². The molecule has 0 spiro atoms. The van der Waals surface area contributed by atoms with Gasteiger partial charge in [0.1, 0.15) is 0 Å². The van der Waals surface area contributed by atoms with Gasteiger partial charge in [-0.1, -0.05) is 41.5 Å². The molecule has 0 aromatic rings. The minimum Gasteiger partial charge on any atom is -0.0625 e. The van der Waals surface area contributed by atoms with Gasteiger partial charge in [0.05, 0.1) is 0 Å². The van der Waals surface area contributed by atoms with Gasteiger partial charge in [-0.2, -0.15) is 0 Å². The van der Waals surface area contributed by atoms with E-state index in [1.807, 2.05) is 0 Å². The molecule has 0 aromatic heterocycles. The maximum Gasteiger partial charge on any atom is 0.187 e. The van der Waals surface area contributed by atoms with Crippen LogP contribution < -0.4 is 0 Å². The van der Waals surface area contributed by atoms with Crippen LogP contribution in [0.3, 0.4) is 0 Å². The van der Waals surface area contributed by atoms with Gasteiger partial charge in [0.25, 0.3) is 0 Å². The van der Waals surface area contributed by atoms with Crippen molar-refractivity contribution in [3.05, 3.63) is 0 Å². The summed E-state index contributed by atoms with van der Waals surface area (Å²) in [7, 11) is 0. The average Bonchev–Trinajstić information content (AvgIpc) is 1.62. The quantitative estimate of drug-likeness (QED) is 0.513. The van der Waals surface area contributed by atoms with Gasteiger partial charge in [-0.25, -0.2) is 0 Å². The lowest BCUT2D eigenvalue weighted by molar-refractivity contribution is 0.199. The Morgan fingerprint density at radius 1 is 0.900 bits per heavy atom. The first-order valence-corrected chi connectivity index (χ1v) is 3.85. The third kappa shape index (κ3) is 4.36. The van der Waals surface area contributed by atoms with E-state index in [0.717, 1.165) is 11.8 Å². The van der Waals surface area contributed by atoms with Crippen molar-refractivity contribution in [2.24, 2.45) is 17.3 Å². The molecule has 10 heavy (non-hydrogen) atoms. The standard InChI is InChI=1S/C9H20.Al.3H/c1-7(2)8(3)9(4,5)6;;;;/h7-8H,1-6H3;;;;. The Kier molecular flexibility index (Phi) is 5.81. The summed E-state index contributed by atoms with van der Waals surface area (Å²) in [6.45, 7) is 13.8. The molecule has 0 aliphatic carbocycles. The summed E-state index contributed by atoms with van der Waals surface area (Å²) >= 11 is 0. The average molecular weight is 158 g/mol. The van der Waals surface area contributed by atoms with Crippen molar-refractivity contribution in [3.8, 4) is 0 Å². The van der Waals surface area contributed by atoms with Crippen LogP contribution in [0.15, 0.2) is 0 Å². The summed E-state index contributed by atoms with van der Waals surface area (Å²) in [5.41, 5.74) is 0.480. The number of hydrogen-bond donors (Lipinski definition) is 0. The molecule has 0 radical (unpaired) electrons. The van der Waals surface area contributed by atoms with Gasteiger partial charge < -0.3 is 0 Å². The first-order valence-electron chi connectivity index (χ1n) is 3.85. The molecular weight excluding hydrogens is 135 g/mol. The molecule has 0 aliphatic rings. The van der Waals surface area contributed by atoms with Crippen molar-refractivity contribution in [1.29, 1.82) is 0 Å². The Morgan fingerprint density at radius 2 is 1.20 bits per heavy atom. The third-order valence-electron chi connectivity index (χ3n) is 2.37. The highest BCUT2D eigenvalue weighted by Crippen LogP contribution is 2.30. The van der Waals surface area contributed by atoms with Gasteiger partial charge in [0, 0.05) is 0 Å². The van der Waals surface area contributed by atoms with E-state index in [2.05, 4.69) is 41.5 Å². The van der Waals surface area contributed by atoms with Crippen LogP contribution in [0.5, 0.6) is 0 Å². The predicted octanol–water partition coefficient (Wildman–Crippen LogP) is 2.14. The van der Waals surface area contributed by atoms with Crippen molar-refractivity contribution >= 4 is 17.4 Å². The maximum absolute atomic E-state index is 2.32. The largest absolute Gasteiger partial charge is 0.187 e. The summed E-state index contributed by atoms with van der Waals surface area (Å²) in [4.78, 5) is 0. The lowest BCUT2D eigenvalue weighted by atomic mass is 9.76. The maximum atomic E-state index is 2.32. The fourth-order valence-electron chi connectivity index (χ4n) is 1.00. The summed E-state index contributed by atoms with van der Waals surface area (Å²) in [6, 6.07) is 0. The third-order valence-corrected chi connectivity index (χ3v) is 2.37. The molecule has 0 bridgehead atoms. The van der Waals surface area contributed by atoms with E-state index in [9.17, 15) is 0 Å². The van der Waals surface area contributed by atoms with Gasteiger partial charge in [0.15, 0.2) is 17.4 Å². The zero-order chi connectivity index (χ0) is 7.65. The zero-order valence-electron chi connectivity index (χ0n) is 7.65. The van der Waals surface area contributed by atoms with Gasteiger partial charge >= 0.3 is 0 Å². The normalized spacial score (nSPS) is 14.7. The molecule has 0 rings (SSSR count). The summed E-state index contributed by atoms with van der Waals surface area (Å²) in [5.74, 6) is 1.63. The molecule has 0 amide bonds. The molecule has 0 heterocycles. The number of rotatable bonds is 1. The minimum atomic E-state index is 0. The predicted molar refractivity (Wildman–Crippen MR) is 53.4 cm³/mol. The van der Waals surface area contributed by atoms with Crippen molar-refractivity contribution in [3.63, 3.8) is 0 Å². The van der Waals surface area contributed by atoms with Gasteiger partial charge in [-0.05, 0) is 17.3 Å². The van der Waals surface area contributed by atoms with E-state index in [4.69, 9.17) is 0 Å². The monoisotopic (exact) mass is 158 g/mol. The molecule has 0 aromatic carbocycles. The van der Waals surface area contributed by atoms with Crippen LogP contribution in [0.1, 0.15) is 41.5 Å². The topological polar surface area (TPSA) is 0 Å². The Hall–Kier alpha value is 0.532. The Balaban J connectivity index is 0. The van der Waals surface area contributed by atoms with E-state index < -0.39 is 0 Å². The van der Waals surface area contributed by atoms with E-state index in [1.165, 1.54) is 0 Å². The van der Waals surface area contributed by atoms with E-state index >= 15 is 0 Å². The SMILES string of the molecule is CC(C)C(C)C(C)(C)C.[AlH3]. The fraction of sp³-hybridized carbons (Fsp3) is 1.00. The van der Waals surface area contributed by atoms with Crippen molar-refractivity contribution < 1.29 is 0 Å². The molecule has 1 atom stereocenters. The second-order valence-electron chi connectivity index (χ2n) is 4.40. The van der Waals surface area contributed by atoms with Crippen LogP contribution in [-0.2, 0) is 0 Å². The molecule has 1 heteroatoms. The van der Waals surface area contributed by atoms with Crippen molar-refractivity contribution in [2.75, 3.05) is 0 Å². The molecule has 1 unspecified atom stereocenters. The Morgan fingerprint density at radius 3 is 1.20 bits per heavy atom. The van der Waals surface area contributed by atoms with Crippen LogP contribution in [-0.4, -0.2) is 17.4 Å². The Labute approximate surface area is 76.5 Å². The van der Waals surface area contributed by atoms with E-state index in [-0.39, 0.29) is 17.4 Å². The zero-order valence-corrected chi connectivity index (χ0v) is 7.65. The molecule has 0 saturated heterocycles. The lowest BCUT2D eigenvalue weighted by Crippen LogP contribution is -2.21. The van der Waals surface area contributed by atoms with Crippen molar-refractivity contribution in [1.82, 2.24) is 0 Å². The van der Waals surface area contributed by atoms with Crippen LogP contribution in [0, 0.1) is 17.3 Å². The number of hydrogen-bond acceptors (Lipinski definition) is 0. The van der Waals surface area contributed by atoms with Gasteiger partial charge in [-0.3, -0.25) is 0 Å². The van der Waals surface area contributed by atoms with Crippen LogP contribution >= 0.6 is 0 Å². The minimum absolute atomic E-state index is 0. The highest BCUT2D eigenvalue weighted by atomic mass is 27.0. The molecule has 0 N–H and O–H groups in total. The smallest absolute Gasteiger partial charge is 0.0625 e. The van der Waals surface area contributed by atoms with Gasteiger partial charge in [-0.15, -0.1) is 0 Å². The summed E-state index contributed by atoms with van der Waals surface area (Å²) < 4.78 is 0. The first kappa shape index (κ1) is 13.1. The molecule has 0 fully saturated rings. The molecular formula is C9H23Al. The second kappa shape index (κ2) is 4.42. The van der Waals surface area contributed by atoms with Crippen LogP contribution in [0.25, 0.3) is 0 Å². The fourth-order valence-corrected chi connectivity index (χ4v) is 1.00. The highest BCUT2D eigenvalue weighted by molar-refractivity contribution is 5.75. The van der Waals surface area contributed by atoms with Crippen LogP contribution in [0.4, 0.5) is 0 Å². The molecule has 62 valence electrons. The Bertz CT molecular complexity index is 79.2. The molecule has 0 aliphatic heterocycles. The molecule has 0 saturated carbocycles. The van der Waals surface area contributed by atoms with Crippen LogP contribution in [0.2, 0.25) is 0 Å². The first-order chi connectivity index (χ1) is 3.85. The van der Waals surface area contributed by atoms with Gasteiger partial charge in [0.2, 0.25) is 0 Å². The summed E-state index contributed by atoms with van der Waals surface area (Å²) in [5, 5.41) is 0. The highest BCUT2D eigenvalue weighted by Gasteiger charge is 2.22. The van der Waals surface area contributed by atoms with E-state index in [0.29, 0.717) is 5.41 Å². The second-order valence-corrected chi connectivity index (χ2v) is 4.40. The van der Waals surface area contributed by atoms with E-state index in [1.54, 1.807) is 0 Å². The summed E-state index contributed by atoms with van der Waals surface area (Å²) in [6.07, 6.45) is 0.